The summed E-state index contributed by atoms with van der Waals surface area (Å²) in [5.74, 6) is -0.932. The van der Waals surface area contributed by atoms with Crippen LogP contribution in [0.5, 0.6) is 0 Å². The van der Waals surface area contributed by atoms with E-state index in [0.717, 1.165) is 39.2 Å². The molecule has 0 aliphatic carbocycles. The number of aromatic nitrogens is 1. The average Bonchev–Trinajstić information content (AvgIpc) is 2.88. The molecule has 1 saturated heterocycles. The number of nitrogens with zero attached hydrogens (tertiary/aromatic N) is 1. The van der Waals surface area contributed by atoms with Gasteiger partial charge in [0.15, 0.2) is 0 Å². The first-order valence-corrected chi connectivity index (χ1v) is 13.3. The molecule has 2 heterocycles. The van der Waals surface area contributed by atoms with E-state index in [4.69, 9.17) is 14.5 Å². The number of cyclic esters (lactones) is 1. The lowest BCUT2D eigenvalue weighted by Crippen LogP contribution is -2.31. The van der Waals surface area contributed by atoms with Crippen LogP contribution in [0.3, 0.4) is 0 Å². The monoisotopic (exact) mass is 535 g/mol. The van der Waals surface area contributed by atoms with Crippen molar-refractivity contribution in [2.45, 2.75) is 77.8 Å². The van der Waals surface area contributed by atoms with E-state index in [1.807, 2.05) is 6.08 Å². The van der Waals surface area contributed by atoms with Crippen molar-refractivity contribution in [3.8, 4) is 11.1 Å². The highest BCUT2D eigenvalue weighted by Gasteiger charge is 2.27. The van der Waals surface area contributed by atoms with Crippen molar-refractivity contribution in [3.05, 3.63) is 94.3 Å². The number of pyridine rings is 1. The van der Waals surface area contributed by atoms with E-state index in [2.05, 4.69) is 27.7 Å². The van der Waals surface area contributed by atoms with Crippen LogP contribution in [0, 0.1) is 11.6 Å². The van der Waals surface area contributed by atoms with Crippen LogP contribution in [0.2, 0.25) is 0 Å². The Bertz CT molecular complexity index is 1320. The van der Waals surface area contributed by atoms with Crippen LogP contribution in [0.4, 0.5) is 8.78 Å². The molecule has 3 aromatic rings. The van der Waals surface area contributed by atoms with E-state index in [0.29, 0.717) is 6.42 Å². The Kier molecular flexibility index (Phi) is 9.25. The van der Waals surface area contributed by atoms with E-state index in [1.165, 1.54) is 24.3 Å². The number of aliphatic hydroxyl groups is 1. The predicted octanol–water partition coefficient (Wildman–Crippen LogP) is 7.07. The highest BCUT2D eigenvalue weighted by molar-refractivity contribution is 5.80. The Balaban J connectivity index is 1.83. The summed E-state index contributed by atoms with van der Waals surface area (Å²) in [4.78, 5) is 17.0. The number of rotatable bonds is 9. The molecule has 206 valence electrons. The lowest BCUT2D eigenvalue weighted by molar-refractivity contribution is -0.156. The molecule has 4 rings (SSSR count). The van der Waals surface area contributed by atoms with Gasteiger partial charge in [0.1, 0.15) is 17.7 Å². The van der Waals surface area contributed by atoms with Gasteiger partial charge >= 0.3 is 5.97 Å². The number of esters is 1. The molecule has 39 heavy (non-hydrogen) atoms. The first-order valence-electron chi connectivity index (χ1n) is 13.3. The summed E-state index contributed by atoms with van der Waals surface area (Å²) in [5, 5.41) is 10.1. The van der Waals surface area contributed by atoms with E-state index < -0.39 is 18.2 Å². The van der Waals surface area contributed by atoms with Gasteiger partial charge in [-0.2, -0.15) is 0 Å². The number of aliphatic hydroxyl groups excluding tert-OH is 1. The third kappa shape index (κ3) is 7.16. The zero-order chi connectivity index (χ0) is 28.1. The molecule has 1 aliphatic heterocycles. The minimum absolute atomic E-state index is 0.0113. The molecule has 1 N–H and O–H groups in total. The number of ether oxygens (including phenoxy) is 2. The number of halogens is 2. The van der Waals surface area contributed by atoms with Gasteiger partial charge in [-0.25, -0.2) is 8.78 Å². The molecule has 0 bridgehead atoms. The second-order valence-electron chi connectivity index (χ2n) is 10.6. The summed E-state index contributed by atoms with van der Waals surface area (Å²) in [6.07, 6.45) is 2.67. The normalized spacial score (nSPS) is 17.8. The minimum atomic E-state index is -0.751. The average molecular weight is 536 g/mol. The maximum atomic E-state index is 14.0. The second kappa shape index (κ2) is 12.6. The van der Waals surface area contributed by atoms with Crippen molar-refractivity contribution >= 4 is 12.0 Å². The summed E-state index contributed by atoms with van der Waals surface area (Å²) >= 11 is 0. The molecular formula is C32H35F2NO4. The molecule has 2 aromatic carbocycles. The molecule has 2 atom stereocenters. The van der Waals surface area contributed by atoms with Crippen LogP contribution in [-0.4, -0.2) is 28.3 Å². The van der Waals surface area contributed by atoms with Crippen molar-refractivity contribution in [3.63, 3.8) is 0 Å². The van der Waals surface area contributed by atoms with E-state index >= 15 is 0 Å². The van der Waals surface area contributed by atoms with Crippen LogP contribution in [0.25, 0.3) is 17.2 Å². The summed E-state index contributed by atoms with van der Waals surface area (Å²) in [6.45, 7) is 8.79. The number of hydrogen-bond donors (Lipinski definition) is 1. The van der Waals surface area contributed by atoms with Gasteiger partial charge in [0, 0.05) is 23.2 Å². The van der Waals surface area contributed by atoms with E-state index in [-0.39, 0.29) is 43.1 Å². The van der Waals surface area contributed by atoms with Crippen LogP contribution in [0.1, 0.15) is 80.5 Å². The maximum Gasteiger partial charge on any atom is 0.309 e. The van der Waals surface area contributed by atoms with Gasteiger partial charge in [-0.15, -0.1) is 0 Å². The molecule has 0 amide bonds. The molecule has 0 saturated carbocycles. The molecule has 1 aliphatic rings. The lowest BCUT2D eigenvalue weighted by atomic mass is 9.87. The third-order valence-electron chi connectivity index (χ3n) is 6.72. The molecule has 7 heteroatoms. The summed E-state index contributed by atoms with van der Waals surface area (Å²) in [5.41, 5.74) is 5.98. The smallest absolute Gasteiger partial charge is 0.309 e. The summed E-state index contributed by atoms with van der Waals surface area (Å²) < 4.78 is 38.9. The fourth-order valence-electron chi connectivity index (χ4n) is 4.84. The van der Waals surface area contributed by atoms with Crippen LogP contribution in [-0.2, 0) is 27.5 Å². The van der Waals surface area contributed by atoms with Crippen molar-refractivity contribution < 1.29 is 28.2 Å². The molecule has 5 nitrogen and oxygen atoms in total. The molecule has 0 spiro atoms. The minimum Gasteiger partial charge on any atom is -0.458 e. The summed E-state index contributed by atoms with van der Waals surface area (Å²) in [6, 6.07) is 12.5. The number of carbonyl (C=O) groups is 1. The van der Waals surface area contributed by atoms with Gasteiger partial charge in [0.25, 0.3) is 0 Å². The highest BCUT2D eigenvalue weighted by atomic mass is 19.1. The largest absolute Gasteiger partial charge is 0.458 e. The van der Waals surface area contributed by atoms with Crippen molar-refractivity contribution in [1.29, 1.82) is 0 Å². The van der Waals surface area contributed by atoms with Gasteiger partial charge in [0.05, 0.1) is 31.4 Å². The first-order chi connectivity index (χ1) is 18.6. The maximum absolute atomic E-state index is 14.0. The van der Waals surface area contributed by atoms with Gasteiger partial charge < -0.3 is 14.6 Å². The SMILES string of the molecule is CC(C)c1nc(C(C)C)c(COCc2ccc(F)cc2)c(-c2ccc(F)cc2)c1C=C[C@@H]1C[C@@H](O)CC(=O)O1. The Morgan fingerprint density at radius 2 is 1.59 bits per heavy atom. The van der Waals surface area contributed by atoms with E-state index in [9.17, 15) is 18.7 Å². The standard InChI is InChI=1S/C32H35F2NO4/c1-19(2)31-27(14-13-26-15-25(36)16-29(37)39-26)30(22-7-11-24(34)12-8-22)28(32(35-31)20(3)4)18-38-17-21-5-9-23(33)10-6-21/h5-14,19-20,25-26,36H,15-18H2,1-4H3/t25-,26-/m1/s1. The molecule has 1 aromatic heterocycles. The third-order valence-corrected chi connectivity index (χ3v) is 6.72. The zero-order valence-electron chi connectivity index (χ0n) is 22.8. The fourth-order valence-corrected chi connectivity index (χ4v) is 4.84. The number of carbonyl (C=O) groups excluding carboxylic acids is 1. The van der Waals surface area contributed by atoms with E-state index in [1.54, 1.807) is 30.3 Å². The highest BCUT2D eigenvalue weighted by Crippen LogP contribution is 2.38. The summed E-state index contributed by atoms with van der Waals surface area (Å²) in [7, 11) is 0. The molecule has 1 fully saturated rings. The Morgan fingerprint density at radius 3 is 2.18 bits per heavy atom. The topological polar surface area (TPSA) is 68.7 Å². The van der Waals surface area contributed by atoms with Crippen LogP contribution in [0.15, 0.2) is 54.6 Å². The number of benzene rings is 2. The van der Waals surface area contributed by atoms with Gasteiger partial charge in [-0.3, -0.25) is 9.78 Å². The van der Waals surface area contributed by atoms with Crippen molar-refractivity contribution in [1.82, 2.24) is 4.98 Å². The molecular weight excluding hydrogens is 500 g/mol. The van der Waals surface area contributed by atoms with Crippen LogP contribution < -0.4 is 0 Å². The Hall–Kier alpha value is -3.42. The van der Waals surface area contributed by atoms with Crippen molar-refractivity contribution in [2.24, 2.45) is 0 Å². The Morgan fingerprint density at radius 1 is 0.974 bits per heavy atom. The quantitative estimate of drug-likeness (QED) is 0.297. The van der Waals surface area contributed by atoms with Crippen molar-refractivity contribution in [2.75, 3.05) is 0 Å². The Labute approximate surface area is 228 Å². The van der Waals surface area contributed by atoms with Gasteiger partial charge in [-0.05, 0) is 58.9 Å². The first kappa shape index (κ1) is 28.6. The van der Waals surface area contributed by atoms with Crippen LogP contribution >= 0.6 is 0 Å². The fraction of sp³-hybridized carbons (Fsp3) is 0.375. The van der Waals surface area contributed by atoms with Gasteiger partial charge in [-0.1, -0.05) is 58.0 Å². The second-order valence-corrected chi connectivity index (χ2v) is 10.6. The zero-order valence-corrected chi connectivity index (χ0v) is 22.8. The lowest BCUT2D eigenvalue weighted by Gasteiger charge is -2.25. The number of hydrogen-bond acceptors (Lipinski definition) is 5. The van der Waals surface area contributed by atoms with Gasteiger partial charge in [0.2, 0.25) is 0 Å². The molecule has 0 radical (unpaired) electrons. The molecule has 0 unspecified atom stereocenters. The predicted molar refractivity (Wildman–Crippen MR) is 147 cm³/mol.